The molecule has 1 aliphatic heterocycles. The summed E-state index contributed by atoms with van der Waals surface area (Å²) in [5.41, 5.74) is 2.75. The van der Waals surface area contributed by atoms with E-state index >= 15 is 0 Å². The van der Waals surface area contributed by atoms with Crippen LogP contribution in [0.15, 0.2) is 53.9 Å². The van der Waals surface area contributed by atoms with E-state index in [0.29, 0.717) is 23.3 Å². The lowest BCUT2D eigenvalue weighted by atomic mass is 9.94. The number of thioether (sulfide) groups is 1. The van der Waals surface area contributed by atoms with Crippen LogP contribution in [0.1, 0.15) is 27.0 Å². The first-order valence-electron chi connectivity index (χ1n) is 6.43. The SMILES string of the molecule is C=CCc1ccc2c(c1O)C(=O)c1ccccc1SC2. The maximum atomic E-state index is 12.7. The topological polar surface area (TPSA) is 37.3 Å². The van der Waals surface area contributed by atoms with Crippen molar-refractivity contribution in [3.05, 3.63) is 71.3 Å². The number of phenolic OH excluding ortho intramolecular Hbond substituents is 1. The number of aromatic hydroxyl groups is 1. The summed E-state index contributed by atoms with van der Waals surface area (Å²) in [6.45, 7) is 3.68. The van der Waals surface area contributed by atoms with Crippen molar-refractivity contribution in [3.8, 4) is 5.75 Å². The number of fused-ring (bicyclic) bond motifs is 2. The molecule has 0 atom stereocenters. The van der Waals surface area contributed by atoms with Crippen LogP contribution < -0.4 is 0 Å². The van der Waals surface area contributed by atoms with E-state index in [-0.39, 0.29) is 11.5 Å². The molecule has 2 aromatic rings. The summed E-state index contributed by atoms with van der Waals surface area (Å²) >= 11 is 1.63. The van der Waals surface area contributed by atoms with Crippen molar-refractivity contribution in [1.29, 1.82) is 0 Å². The Morgan fingerprint density at radius 2 is 2.05 bits per heavy atom. The number of hydrogen-bond acceptors (Lipinski definition) is 3. The minimum absolute atomic E-state index is 0.0935. The zero-order valence-corrected chi connectivity index (χ0v) is 11.7. The molecule has 0 saturated heterocycles. The zero-order chi connectivity index (χ0) is 14.1. The van der Waals surface area contributed by atoms with Gasteiger partial charge in [0, 0.05) is 16.2 Å². The van der Waals surface area contributed by atoms with Gasteiger partial charge in [-0.05, 0) is 29.7 Å². The van der Waals surface area contributed by atoms with E-state index < -0.39 is 0 Å². The molecular formula is C17H14O2S. The van der Waals surface area contributed by atoms with E-state index in [4.69, 9.17) is 0 Å². The van der Waals surface area contributed by atoms with Gasteiger partial charge in [-0.1, -0.05) is 30.3 Å². The number of rotatable bonds is 2. The van der Waals surface area contributed by atoms with Crippen LogP contribution in [0.2, 0.25) is 0 Å². The fourth-order valence-electron chi connectivity index (χ4n) is 2.44. The van der Waals surface area contributed by atoms with Gasteiger partial charge in [0.25, 0.3) is 0 Å². The summed E-state index contributed by atoms with van der Waals surface area (Å²) in [7, 11) is 0. The van der Waals surface area contributed by atoms with Crippen LogP contribution in [0.25, 0.3) is 0 Å². The van der Waals surface area contributed by atoms with Crippen LogP contribution in [0, 0.1) is 0 Å². The average molecular weight is 282 g/mol. The molecule has 0 saturated carbocycles. The van der Waals surface area contributed by atoms with Crippen molar-refractivity contribution in [3.63, 3.8) is 0 Å². The number of carbonyl (C=O) groups is 1. The van der Waals surface area contributed by atoms with Gasteiger partial charge < -0.3 is 5.11 Å². The van der Waals surface area contributed by atoms with Crippen molar-refractivity contribution in [2.45, 2.75) is 17.1 Å². The first kappa shape index (κ1) is 13.0. The van der Waals surface area contributed by atoms with Crippen LogP contribution in [0.3, 0.4) is 0 Å². The van der Waals surface area contributed by atoms with Gasteiger partial charge in [-0.3, -0.25) is 4.79 Å². The van der Waals surface area contributed by atoms with Gasteiger partial charge in [-0.15, -0.1) is 18.3 Å². The molecule has 1 aliphatic rings. The largest absolute Gasteiger partial charge is 0.507 e. The van der Waals surface area contributed by atoms with E-state index in [1.165, 1.54) is 0 Å². The van der Waals surface area contributed by atoms with Gasteiger partial charge in [0.15, 0.2) is 5.78 Å². The molecule has 0 amide bonds. The molecular weight excluding hydrogens is 268 g/mol. The molecule has 1 heterocycles. The molecule has 20 heavy (non-hydrogen) atoms. The lowest BCUT2D eigenvalue weighted by Crippen LogP contribution is -2.05. The first-order chi connectivity index (χ1) is 9.72. The number of hydrogen-bond donors (Lipinski definition) is 1. The van der Waals surface area contributed by atoms with Gasteiger partial charge in [0.1, 0.15) is 5.75 Å². The molecule has 2 aromatic carbocycles. The Bertz CT molecular complexity index is 704. The van der Waals surface area contributed by atoms with E-state index in [9.17, 15) is 9.90 Å². The Labute approximate surface area is 122 Å². The van der Waals surface area contributed by atoms with Crippen molar-refractivity contribution < 1.29 is 9.90 Å². The summed E-state index contributed by atoms with van der Waals surface area (Å²) in [6, 6.07) is 11.4. The van der Waals surface area contributed by atoms with Gasteiger partial charge in [0.2, 0.25) is 0 Å². The molecule has 2 nitrogen and oxygen atoms in total. The summed E-state index contributed by atoms with van der Waals surface area (Å²) < 4.78 is 0. The van der Waals surface area contributed by atoms with Gasteiger partial charge in [0.05, 0.1) is 5.56 Å². The number of phenols is 1. The van der Waals surface area contributed by atoms with Gasteiger partial charge in [-0.25, -0.2) is 0 Å². The van der Waals surface area contributed by atoms with Gasteiger partial charge in [-0.2, -0.15) is 0 Å². The van der Waals surface area contributed by atoms with E-state index in [0.717, 1.165) is 16.0 Å². The van der Waals surface area contributed by atoms with Gasteiger partial charge >= 0.3 is 0 Å². The van der Waals surface area contributed by atoms with E-state index in [1.807, 2.05) is 36.4 Å². The number of carbonyl (C=O) groups excluding carboxylic acids is 1. The lowest BCUT2D eigenvalue weighted by molar-refractivity contribution is 0.103. The fraction of sp³-hybridized carbons (Fsp3) is 0.118. The molecule has 1 N–H and O–H groups in total. The number of allylic oxidation sites excluding steroid dienone is 1. The molecule has 0 bridgehead atoms. The minimum atomic E-state index is -0.0935. The molecule has 0 unspecified atom stereocenters. The Hall–Kier alpha value is -2.00. The second-order valence-corrected chi connectivity index (χ2v) is 5.73. The molecule has 0 spiro atoms. The molecule has 3 rings (SSSR count). The average Bonchev–Trinajstić information content (AvgIpc) is 2.61. The highest BCUT2D eigenvalue weighted by Gasteiger charge is 2.25. The van der Waals surface area contributed by atoms with Crippen LogP contribution in [0.4, 0.5) is 0 Å². The highest BCUT2D eigenvalue weighted by atomic mass is 32.2. The summed E-state index contributed by atoms with van der Waals surface area (Å²) in [6.07, 6.45) is 2.28. The van der Waals surface area contributed by atoms with Crippen molar-refractivity contribution in [1.82, 2.24) is 0 Å². The third-order valence-corrected chi connectivity index (χ3v) is 4.58. The van der Waals surface area contributed by atoms with Crippen LogP contribution in [-0.4, -0.2) is 10.9 Å². The Kier molecular flexibility index (Phi) is 3.36. The Balaban J connectivity index is 2.20. The molecule has 100 valence electrons. The maximum absolute atomic E-state index is 12.7. The smallest absolute Gasteiger partial charge is 0.198 e. The van der Waals surface area contributed by atoms with Crippen LogP contribution in [-0.2, 0) is 12.2 Å². The second kappa shape index (κ2) is 5.17. The second-order valence-electron chi connectivity index (χ2n) is 4.71. The maximum Gasteiger partial charge on any atom is 0.198 e. The predicted molar refractivity (Wildman–Crippen MR) is 81.4 cm³/mol. The normalized spacial score (nSPS) is 13.3. The molecule has 0 aromatic heterocycles. The Morgan fingerprint density at radius 3 is 2.85 bits per heavy atom. The number of ketones is 1. The third kappa shape index (κ3) is 2.04. The fourth-order valence-corrected chi connectivity index (χ4v) is 3.48. The summed E-state index contributed by atoms with van der Waals surface area (Å²) in [5.74, 6) is 0.703. The highest BCUT2D eigenvalue weighted by molar-refractivity contribution is 7.98. The monoisotopic (exact) mass is 282 g/mol. The number of benzene rings is 2. The van der Waals surface area contributed by atoms with Crippen molar-refractivity contribution in [2.75, 3.05) is 0 Å². The molecule has 0 fully saturated rings. The lowest BCUT2D eigenvalue weighted by Gasteiger charge is -2.10. The van der Waals surface area contributed by atoms with Crippen molar-refractivity contribution in [2.24, 2.45) is 0 Å². The minimum Gasteiger partial charge on any atom is -0.507 e. The molecule has 0 radical (unpaired) electrons. The highest BCUT2D eigenvalue weighted by Crippen LogP contribution is 2.38. The zero-order valence-electron chi connectivity index (χ0n) is 10.9. The van der Waals surface area contributed by atoms with Crippen LogP contribution in [0.5, 0.6) is 5.75 Å². The molecule has 3 heteroatoms. The van der Waals surface area contributed by atoms with E-state index in [1.54, 1.807) is 17.8 Å². The standard InChI is InChI=1S/C17H14O2S/c1-2-5-11-8-9-12-10-20-14-7-4-3-6-13(14)17(19)15(12)16(11)18/h2-4,6-9,18H,1,5,10H2. The Morgan fingerprint density at radius 1 is 1.25 bits per heavy atom. The quantitative estimate of drug-likeness (QED) is 0.847. The third-order valence-electron chi connectivity index (χ3n) is 3.45. The van der Waals surface area contributed by atoms with Crippen molar-refractivity contribution >= 4 is 17.5 Å². The van der Waals surface area contributed by atoms with Crippen LogP contribution >= 0.6 is 11.8 Å². The summed E-state index contributed by atoms with van der Waals surface area (Å²) in [4.78, 5) is 13.7. The summed E-state index contributed by atoms with van der Waals surface area (Å²) in [5, 5.41) is 10.4. The predicted octanol–water partition coefficient (Wildman–Crippen LogP) is 3.96. The van der Waals surface area contributed by atoms with E-state index in [2.05, 4.69) is 6.58 Å². The first-order valence-corrected chi connectivity index (χ1v) is 7.42. The molecule has 0 aliphatic carbocycles.